The second-order valence-corrected chi connectivity index (χ2v) is 5.43. The lowest BCUT2D eigenvalue weighted by Crippen LogP contribution is -2.41. The van der Waals surface area contributed by atoms with E-state index >= 15 is 0 Å². The molecule has 1 saturated heterocycles. The number of amides is 1. The van der Waals surface area contributed by atoms with Crippen LogP contribution in [0.25, 0.3) is 0 Å². The molecule has 0 bridgehead atoms. The number of carbonyl (C=O) groups is 1. The first-order valence-electron chi connectivity index (χ1n) is 6.72. The summed E-state index contributed by atoms with van der Waals surface area (Å²) in [4.78, 5) is 12.2. The van der Waals surface area contributed by atoms with Crippen LogP contribution in [0.4, 0.5) is 11.4 Å². The maximum Gasteiger partial charge on any atom is 0.251 e. The zero-order valence-electron chi connectivity index (χ0n) is 10.8. The molecule has 5 heteroatoms. The van der Waals surface area contributed by atoms with Crippen LogP contribution in [0, 0.1) is 5.92 Å². The third-order valence-electron chi connectivity index (χ3n) is 3.78. The molecule has 1 saturated carbocycles. The average molecular weight is 261 g/mol. The number of nitrogens with one attached hydrogen (secondary N) is 1. The molecule has 19 heavy (non-hydrogen) atoms. The summed E-state index contributed by atoms with van der Waals surface area (Å²) in [5.41, 5.74) is 12.9. The summed E-state index contributed by atoms with van der Waals surface area (Å²) in [5.74, 6) is 0.499. The maximum absolute atomic E-state index is 12.2. The normalized spacial score (nSPS) is 26.3. The van der Waals surface area contributed by atoms with E-state index in [0.29, 0.717) is 22.9 Å². The summed E-state index contributed by atoms with van der Waals surface area (Å²) in [6, 6.07) is 5.05. The van der Waals surface area contributed by atoms with Gasteiger partial charge in [-0.15, -0.1) is 0 Å². The molecule has 1 aromatic rings. The number of ether oxygens (including phenoxy) is 1. The van der Waals surface area contributed by atoms with Crippen LogP contribution in [0.15, 0.2) is 18.2 Å². The van der Waals surface area contributed by atoms with Crippen LogP contribution in [0.2, 0.25) is 0 Å². The molecule has 1 aliphatic carbocycles. The molecule has 3 rings (SSSR count). The molecule has 0 radical (unpaired) electrons. The molecule has 1 aromatic carbocycles. The molecule has 1 aliphatic heterocycles. The van der Waals surface area contributed by atoms with Gasteiger partial charge in [0.05, 0.1) is 12.1 Å². The van der Waals surface area contributed by atoms with Gasteiger partial charge in [0.15, 0.2) is 0 Å². The first-order chi connectivity index (χ1) is 9.13. The lowest BCUT2D eigenvalue weighted by Gasteiger charge is -2.19. The van der Waals surface area contributed by atoms with E-state index in [-0.39, 0.29) is 18.1 Å². The van der Waals surface area contributed by atoms with Crippen LogP contribution in [0.5, 0.6) is 0 Å². The van der Waals surface area contributed by atoms with Crippen LogP contribution in [-0.2, 0) is 4.74 Å². The molecule has 5 nitrogen and oxygen atoms in total. The van der Waals surface area contributed by atoms with Gasteiger partial charge < -0.3 is 21.5 Å². The maximum atomic E-state index is 12.2. The van der Waals surface area contributed by atoms with Crippen molar-refractivity contribution in [2.24, 2.45) is 5.92 Å². The zero-order valence-corrected chi connectivity index (χ0v) is 10.8. The predicted molar refractivity (Wildman–Crippen MR) is 73.6 cm³/mol. The summed E-state index contributed by atoms with van der Waals surface area (Å²) >= 11 is 0. The van der Waals surface area contributed by atoms with E-state index in [2.05, 4.69) is 5.32 Å². The number of nitrogen functional groups attached to an aromatic ring is 2. The SMILES string of the molecule is Nc1cc(N)cc(C(=O)NC2CCOC2C2CC2)c1. The number of carbonyl (C=O) groups excluding carboxylic acids is 1. The van der Waals surface area contributed by atoms with Gasteiger partial charge in [-0.3, -0.25) is 4.79 Å². The molecule has 0 aromatic heterocycles. The molecule has 1 heterocycles. The van der Waals surface area contributed by atoms with E-state index in [1.807, 2.05) is 0 Å². The molecule has 0 spiro atoms. The van der Waals surface area contributed by atoms with E-state index in [4.69, 9.17) is 16.2 Å². The molecular weight excluding hydrogens is 242 g/mol. The Balaban J connectivity index is 1.70. The summed E-state index contributed by atoms with van der Waals surface area (Å²) in [7, 11) is 0. The Morgan fingerprint density at radius 3 is 2.47 bits per heavy atom. The molecule has 2 aliphatic rings. The Bertz CT molecular complexity index is 479. The van der Waals surface area contributed by atoms with Crippen molar-refractivity contribution in [2.45, 2.75) is 31.4 Å². The summed E-state index contributed by atoms with van der Waals surface area (Å²) < 4.78 is 5.71. The fraction of sp³-hybridized carbons (Fsp3) is 0.500. The summed E-state index contributed by atoms with van der Waals surface area (Å²) in [5, 5.41) is 3.05. The highest BCUT2D eigenvalue weighted by Crippen LogP contribution is 2.38. The quantitative estimate of drug-likeness (QED) is 0.712. The number of anilines is 2. The van der Waals surface area contributed by atoms with Crippen molar-refractivity contribution in [3.05, 3.63) is 23.8 Å². The van der Waals surface area contributed by atoms with Crippen LogP contribution >= 0.6 is 0 Å². The van der Waals surface area contributed by atoms with Gasteiger partial charge in [-0.1, -0.05) is 0 Å². The van der Waals surface area contributed by atoms with Crippen LogP contribution < -0.4 is 16.8 Å². The van der Waals surface area contributed by atoms with Crippen LogP contribution in [0.3, 0.4) is 0 Å². The Morgan fingerprint density at radius 2 is 1.84 bits per heavy atom. The van der Waals surface area contributed by atoms with Gasteiger partial charge in [0.1, 0.15) is 0 Å². The zero-order chi connectivity index (χ0) is 13.4. The van der Waals surface area contributed by atoms with Gasteiger partial charge in [0.25, 0.3) is 5.91 Å². The first kappa shape index (κ1) is 12.3. The minimum Gasteiger partial charge on any atom is -0.399 e. The van der Waals surface area contributed by atoms with Crippen molar-refractivity contribution in [2.75, 3.05) is 18.1 Å². The summed E-state index contributed by atoms with van der Waals surface area (Å²) in [6.45, 7) is 0.727. The Hall–Kier alpha value is -1.75. The smallest absolute Gasteiger partial charge is 0.251 e. The third kappa shape index (κ3) is 2.66. The fourth-order valence-corrected chi connectivity index (χ4v) is 2.71. The van der Waals surface area contributed by atoms with Gasteiger partial charge in [-0.05, 0) is 43.4 Å². The van der Waals surface area contributed by atoms with Crippen molar-refractivity contribution in [3.63, 3.8) is 0 Å². The predicted octanol–water partition coefficient (Wildman–Crippen LogP) is 1.15. The highest BCUT2D eigenvalue weighted by Gasteiger charge is 2.41. The van der Waals surface area contributed by atoms with E-state index in [9.17, 15) is 4.79 Å². The van der Waals surface area contributed by atoms with E-state index in [0.717, 1.165) is 13.0 Å². The Labute approximate surface area is 112 Å². The Kier molecular flexibility index (Phi) is 3.06. The van der Waals surface area contributed by atoms with E-state index in [1.165, 1.54) is 12.8 Å². The van der Waals surface area contributed by atoms with Crippen molar-refractivity contribution in [1.82, 2.24) is 5.32 Å². The van der Waals surface area contributed by atoms with Gasteiger partial charge in [-0.25, -0.2) is 0 Å². The highest BCUT2D eigenvalue weighted by molar-refractivity contribution is 5.96. The number of hydrogen-bond donors (Lipinski definition) is 3. The standard InChI is InChI=1S/C14H19N3O2/c15-10-5-9(6-11(16)7-10)14(18)17-12-3-4-19-13(12)8-1-2-8/h5-8,12-13H,1-4,15-16H2,(H,17,18). The number of hydrogen-bond acceptors (Lipinski definition) is 4. The van der Waals surface area contributed by atoms with E-state index < -0.39 is 0 Å². The molecule has 5 N–H and O–H groups in total. The number of nitrogens with two attached hydrogens (primary N) is 2. The van der Waals surface area contributed by atoms with Crippen LogP contribution in [0.1, 0.15) is 29.6 Å². The molecule has 2 unspecified atom stereocenters. The molecule has 2 fully saturated rings. The van der Waals surface area contributed by atoms with Gasteiger partial charge in [-0.2, -0.15) is 0 Å². The summed E-state index contributed by atoms with van der Waals surface area (Å²) in [6.07, 6.45) is 3.48. The van der Waals surface area contributed by atoms with Crippen LogP contribution in [-0.4, -0.2) is 24.7 Å². The fourth-order valence-electron chi connectivity index (χ4n) is 2.71. The molecule has 2 atom stereocenters. The van der Waals surface area contributed by atoms with Crippen molar-refractivity contribution in [3.8, 4) is 0 Å². The molecule has 102 valence electrons. The minimum absolute atomic E-state index is 0.114. The third-order valence-corrected chi connectivity index (χ3v) is 3.78. The van der Waals surface area contributed by atoms with Crippen molar-refractivity contribution < 1.29 is 9.53 Å². The lowest BCUT2D eigenvalue weighted by molar-refractivity contribution is 0.0729. The monoisotopic (exact) mass is 261 g/mol. The van der Waals surface area contributed by atoms with Gasteiger partial charge >= 0.3 is 0 Å². The van der Waals surface area contributed by atoms with Gasteiger partial charge in [0, 0.05) is 23.5 Å². The average Bonchev–Trinajstić information content (AvgIpc) is 3.09. The van der Waals surface area contributed by atoms with Crippen molar-refractivity contribution in [1.29, 1.82) is 0 Å². The lowest BCUT2D eigenvalue weighted by atomic mass is 10.1. The van der Waals surface area contributed by atoms with Crippen molar-refractivity contribution >= 4 is 17.3 Å². The number of benzene rings is 1. The van der Waals surface area contributed by atoms with Gasteiger partial charge in [0.2, 0.25) is 0 Å². The minimum atomic E-state index is -0.125. The first-order valence-corrected chi connectivity index (χ1v) is 6.72. The largest absolute Gasteiger partial charge is 0.399 e. The Morgan fingerprint density at radius 1 is 1.16 bits per heavy atom. The second kappa shape index (κ2) is 4.74. The molecular formula is C14H19N3O2. The second-order valence-electron chi connectivity index (χ2n) is 5.43. The number of rotatable bonds is 3. The highest BCUT2D eigenvalue weighted by atomic mass is 16.5. The molecule has 1 amide bonds. The topological polar surface area (TPSA) is 90.4 Å². The van der Waals surface area contributed by atoms with E-state index in [1.54, 1.807) is 18.2 Å².